The van der Waals surface area contributed by atoms with Crippen molar-refractivity contribution in [2.45, 2.75) is 26.3 Å². The van der Waals surface area contributed by atoms with Crippen molar-refractivity contribution in [3.05, 3.63) is 29.6 Å². The Labute approximate surface area is 123 Å². The molecule has 0 fully saturated rings. The summed E-state index contributed by atoms with van der Waals surface area (Å²) < 4.78 is 0. The average Bonchev–Trinajstić information content (AvgIpc) is 2.45. The maximum Gasteiger partial charge on any atom is 0.354 e. The molecule has 1 heterocycles. The SMILES string of the molecule is CCSCCC(C)N(C)C(=O)c1cccc(C(=O)O)n1. The minimum Gasteiger partial charge on any atom is -0.477 e. The number of pyridine rings is 1. The Balaban J connectivity index is 2.73. The van der Waals surface area contributed by atoms with E-state index in [1.807, 2.05) is 18.7 Å². The first-order chi connectivity index (χ1) is 9.47. The van der Waals surface area contributed by atoms with Gasteiger partial charge in [0.05, 0.1) is 0 Å². The summed E-state index contributed by atoms with van der Waals surface area (Å²) in [6.45, 7) is 4.08. The molecule has 1 rings (SSSR count). The van der Waals surface area contributed by atoms with Gasteiger partial charge >= 0.3 is 5.97 Å². The van der Waals surface area contributed by atoms with E-state index in [9.17, 15) is 9.59 Å². The monoisotopic (exact) mass is 296 g/mol. The van der Waals surface area contributed by atoms with Crippen LogP contribution in [0.5, 0.6) is 0 Å². The van der Waals surface area contributed by atoms with Crippen molar-refractivity contribution in [3.8, 4) is 0 Å². The molecule has 0 radical (unpaired) electrons. The number of amides is 1. The van der Waals surface area contributed by atoms with E-state index in [-0.39, 0.29) is 23.3 Å². The lowest BCUT2D eigenvalue weighted by Crippen LogP contribution is -2.36. The van der Waals surface area contributed by atoms with E-state index in [4.69, 9.17) is 5.11 Å². The number of thioether (sulfide) groups is 1. The predicted octanol–water partition coefficient (Wildman–Crippen LogP) is 2.38. The molecule has 6 heteroatoms. The van der Waals surface area contributed by atoms with Gasteiger partial charge in [-0.05, 0) is 37.0 Å². The fourth-order valence-corrected chi connectivity index (χ4v) is 2.44. The summed E-state index contributed by atoms with van der Waals surface area (Å²) in [5, 5.41) is 8.89. The van der Waals surface area contributed by atoms with Gasteiger partial charge in [-0.15, -0.1) is 0 Å². The number of carbonyl (C=O) groups is 2. The third kappa shape index (κ3) is 4.52. The number of hydrogen-bond acceptors (Lipinski definition) is 4. The topological polar surface area (TPSA) is 70.5 Å². The van der Waals surface area contributed by atoms with Gasteiger partial charge in [-0.1, -0.05) is 13.0 Å². The van der Waals surface area contributed by atoms with E-state index in [0.717, 1.165) is 17.9 Å². The molecule has 0 saturated heterocycles. The van der Waals surface area contributed by atoms with Gasteiger partial charge in [-0.25, -0.2) is 9.78 Å². The second kappa shape index (κ2) is 7.89. The third-order valence-corrected chi connectivity index (χ3v) is 3.99. The zero-order chi connectivity index (χ0) is 15.1. The number of aromatic carboxylic acids is 1. The lowest BCUT2D eigenvalue weighted by Gasteiger charge is -2.24. The first kappa shape index (κ1) is 16.5. The maximum absolute atomic E-state index is 12.3. The fraction of sp³-hybridized carbons (Fsp3) is 0.500. The molecule has 110 valence electrons. The highest BCUT2D eigenvalue weighted by atomic mass is 32.2. The van der Waals surface area contributed by atoms with Crippen LogP contribution in [0.25, 0.3) is 0 Å². The normalized spacial score (nSPS) is 11.9. The summed E-state index contributed by atoms with van der Waals surface area (Å²) in [5.41, 5.74) is 0.0563. The Morgan fingerprint density at radius 1 is 1.40 bits per heavy atom. The van der Waals surface area contributed by atoms with E-state index in [2.05, 4.69) is 11.9 Å². The Bertz CT molecular complexity index is 479. The summed E-state index contributed by atoms with van der Waals surface area (Å²) in [4.78, 5) is 28.6. The smallest absolute Gasteiger partial charge is 0.354 e. The van der Waals surface area contributed by atoms with Gasteiger partial charge in [0.15, 0.2) is 0 Å². The maximum atomic E-state index is 12.3. The molecule has 0 saturated carbocycles. The largest absolute Gasteiger partial charge is 0.477 e. The summed E-state index contributed by atoms with van der Waals surface area (Å²) >= 11 is 1.84. The zero-order valence-corrected chi connectivity index (χ0v) is 12.8. The fourth-order valence-electron chi connectivity index (χ4n) is 1.65. The van der Waals surface area contributed by atoms with E-state index in [1.54, 1.807) is 18.0 Å². The highest BCUT2D eigenvalue weighted by Crippen LogP contribution is 2.11. The number of nitrogens with zero attached hydrogens (tertiary/aromatic N) is 2. The molecule has 0 aliphatic heterocycles. The van der Waals surface area contributed by atoms with Crippen LogP contribution in [0, 0.1) is 0 Å². The molecule has 1 atom stereocenters. The van der Waals surface area contributed by atoms with Gasteiger partial charge in [-0.2, -0.15) is 11.8 Å². The van der Waals surface area contributed by atoms with Crippen LogP contribution in [0.2, 0.25) is 0 Å². The van der Waals surface area contributed by atoms with Crippen LogP contribution in [-0.4, -0.2) is 51.5 Å². The number of carbonyl (C=O) groups excluding carboxylic acids is 1. The first-order valence-corrected chi connectivity index (χ1v) is 7.68. The number of aromatic nitrogens is 1. The van der Waals surface area contributed by atoms with Crippen LogP contribution in [0.15, 0.2) is 18.2 Å². The van der Waals surface area contributed by atoms with Crippen LogP contribution < -0.4 is 0 Å². The molecular weight excluding hydrogens is 276 g/mol. The predicted molar refractivity (Wildman–Crippen MR) is 80.4 cm³/mol. The zero-order valence-electron chi connectivity index (χ0n) is 12.0. The Morgan fingerprint density at radius 3 is 2.65 bits per heavy atom. The van der Waals surface area contributed by atoms with E-state index >= 15 is 0 Å². The van der Waals surface area contributed by atoms with E-state index in [1.165, 1.54) is 12.1 Å². The summed E-state index contributed by atoms with van der Waals surface area (Å²) in [6, 6.07) is 4.55. The summed E-state index contributed by atoms with van der Waals surface area (Å²) in [5.74, 6) is 0.682. The van der Waals surface area contributed by atoms with Crippen LogP contribution in [-0.2, 0) is 0 Å². The first-order valence-electron chi connectivity index (χ1n) is 6.52. The van der Waals surface area contributed by atoms with Crippen LogP contribution in [0.4, 0.5) is 0 Å². The van der Waals surface area contributed by atoms with E-state index in [0.29, 0.717) is 0 Å². The number of carboxylic acids is 1. The molecule has 20 heavy (non-hydrogen) atoms. The van der Waals surface area contributed by atoms with Gasteiger partial charge in [0.25, 0.3) is 5.91 Å². The molecule has 1 amide bonds. The molecule has 1 unspecified atom stereocenters. The van der Waals surface area contributed by atoms with Gasteiger partial charge in [0.1, 0.15) is 11.4 Å². The number of carboxylic acid groups (broad SMARTS) is 1. The van der Waals surface area contributed by atoms with Crippen LogP contribution >= 0.6 is 11.8 Å². The molecule has 0 bridgehead atoms. The molecule has 1 aromatic rings. The average molecular weight is 296 g/mol. The molecule has 5 nitrogen and oxygen atoms in total. The summed E-state index contributed by atoms with van der Waals surface area (Å²) in [7, 11) is 1.72. The molecule has 1 aromatic heterocycles. The van der Waals surface area contributed by atoms with Crippen molar-refractivity contribution in [1.29, 1.82) is 0 Å². The standard InChI is InChI=1S/C14H20N2O3S/c1-4-20-9-8-10(2)16(3)13(17)11-6-5-7-12(15-11)14(18)19/h5-7,10H,4,8-9H2,1-3H3,(H,18,19). The lowest BCUT2D eigenvalue weighted by atomic mass is 10.2. The molecule has 0 aliphatic rings. The molecule has 0 aliphatic carbocycles. The van der Waals surface area contributed by atoms with Crippen LogP contribution in [0.3, 0.4) is 0 Å². The highest BCUT2D eigenvalue weighted by Gasteiger charge is 2.19. The Kier molecular flexibility index (Phi) is 6.51. The second-order valence-corrected chi connectivity index (χ2v) is 5.86. The molecule has 0 aromatic carbocycles. The highest BCUT2D eigenvalue weighted by molar-refractivity contribution is 7.99. The quantitative estimate of drug-likeness (QED) is 0.782. The van der Waals surface area contributed by atoms with E-state index < -0.39 is 5.97 Å². The summed E-state index contributed by atoms with van der Waals surface area (Å²) in [6.07, 6.45) is 0.902. The third-order valence-electron chi connectivity index (χ3n) is 3.05. The van der Waals surface area contributed by atoms with Crippen LogP contribution in [0.1, 0.15) is 41.2 Å². The Morgan fingerprint density at radius 2 is 2.05 bits per heavy atom. The van der Waals surface area contributed by atoms with Gasteiger partial charge < -0.3 is 10.0 Å². The number of rotatable bonds is 7. The van der Waals surface area contributed by atoms with Crippen molar-refractivity contribution >= 4 is 23.6 Å². The van der Waals surface area contributed by atoms with Gasteiger partial charge in [0.2, 0.25) is 0 Å². The molecule has 1 N–H and O–H groups in total. The van der Waals surface area contributed by atoms with Crippen molar-refractivity contribution < 1.29 is 14.7 Å². The van der Waals surface area contributed by atoms with Crippen molar-refractivity contribution in [3.63, 3.8) is 0 Å². The van der Waals surface area contributed by atoms with Crippen molar-refractivity contribution in [1.82, 2.24) is 9.88 Å². The van der Waals surface area contributed by atoms with Crippen molar-refractivity contribution in [2.24, 2.45) is 0 Å². The number of hydrogen-bond donors (Lipinski definition) is 1. The lowest BCUT2D eigenvalue weighted by molar-refractivity contribution is 0.0689. The molecular formula is C14H20N2O3S. The molecule has 0 spiro atoms. The van der Waals surface area contributed by atoms with Crippen molar-refractivity contribution in [2.75, 3.05) is 18.6 Å². The Hall–Kier alpha value is -1.56. The second-order valence-electron chi connectivity index (χ2n) is 4.46. The van der Waals surface area contributed by atoms with Gasteiger partial charge in [0, 0.05) is 13.1 Å². The minimum absolute atomic E-state index is 0.0943. The van der Waals surface area contributed by atoms with Gasteiger partial charge in [-0.3, -0.25) is 4.79 Å². The minimum atomic E-state index is -1.13.